The van der Waals surface area contributed by atoms with Gasteiger partial charge in [-0.2, -0.15) is 0 Å². The number of nitrogens with two attached hydrogens (primary N) is 1. The van der Waals surface area contributed by atoms with E-state index in [0.29, 0.717) is 25.9 Å². The van der Waals surface area contributed by atoms with E-state index in [9.17, 15) is 4.79 Å². The van der Waals surface area contributed by atoms with Crippen molar-refractivity contribution in [2.45, 2.75) is 25.9 Å². The summed E-state index contributed by atoms with van der Waals surface area (Å²) in [5.74, 6) is 0.0403. The van der Waals surface area contributed by atoms with Crippen LogP contribution in [0.4, 0.5) is 0 Å². The second kappa shape index (κ2) is 7.40. The van der Waals surface area contributed by atoms with Gasteiger partial charge >= 0.3 is 0 Å². The van der Waals surface area contributed by atoms with Gasteiger partial charge in [0.15, 0.2) is 0 Å². The van der Waals surface area contributed by atoms with Crippen LogP contribution in [0.25, 0.3) is 0 Å². The molecule has 104 valence electrons. The number of amides is 1. The van der Waals surface area contributed by atoms with Crippen molar-refractivity contribution < 1.29 is 4.79 Å². The maximum atomic E-state index is 11.8. The minimum atomic E-state index is 0.0403. The Morgan fingerprint density at radius 2 is 1.85 bits per heavy atom. The first-order valence-corrected chi connectivity index (χ1v) is 6.72. The molecule has 0 fully saturated rings. The molecular weight excluding hydrogens is 250 g/mol. The largest absolute Gasteiger partial charge is 0.352 e. The van der Waals surface area contributed by atoms with Gasteiger partial charge in [-0.25, -0.2) is 0 Å². The number of pyridine rings is 1. The molecule has 4 nitrogen and oxygen atoms in total. The zero-order chi connectivity index (χ0) is 14.2. The molecule has 1 aromatic carbocycles. The number of aromatic nitrogens is 1. The van der Waals surface area contributed by atoms with E-state index in [2.05, 4.69) is 10.3 Å². The maximum Gasteiger partial charge on any atom is 0.220 e. The third-order valence-corrected chi connectivity index (χ3v) is 3.08. The molecule has 4 heteroatoms. The van der Waals surface area contributed by atoms with Crippen LogP contribution in [0.3, 0.4) is 0 Å². The van der Waals surface area contributed by atoms with Gasteiger partial charge < -0.3 is 11.1 Å². The van der Waals surface area contributed by atoms with Crippen molar-refractivity contribution in [1.29, 1.82) is 0 Å². The second-order valence-corrected chi connectivity index (χ2v) is 4.62. The highest BCUT2D eigenvalue weighted by atomic mass is 16.1. The topological polar surface area (TPSA) is 68.0 Å². The van der Waals surface area contributed by atoms with Crippen LogP contribution in [0.2, 0.25) is 0 Å². The molecule has 0 aliphatic carbocycles. The fraction of sp³-hybridized carbons (Fsp3) is 0.250. The monoisotopic (exact) mass is 269 g/mol. The second-order valence-electron chi connectivity index (χ2n) is 4.62. The smallest absolute Gasteiger partial charge is 0.220 e. The number of carbonyl (C=O) groups excluding carboxylic acids is 1. The third-order valence-electron chi connectivity index (χ3n) is 3.08. The molecule has 0 unspecified atom stereocenters. The van der Waals surface area contributed by atoms with E-state index in [1.807, 2.05) is 42.5 Å². The molecule has 3 N–H and O–H groups in total. The Bertz CT molecular complexity index is 537. The lowest BCUT2D eigenvalue weighted by molar-refractivity contribution is -0.121. The van der Waals surface area contributed by atoms with Gasteiger partial charge in [-0.1, -0.05) is 30.3 Å². The van der Waals surface area contributed by atoms with Gasteiger partial charge in [0.25, 0.3) is 0 Å². The van der Waals surface area contributed by atoms with Gasteiger partial charge in [-0.15, -0.1) is 0 Å². The minimum Gasteiger partial charge on any atom is -0.352 e. The Balaban J connectivity index is 1.74. The highest BCUT2D eigenvalue weighted by Crippen LogP contribution is 2.04. The number of hydrogen-bond acceptors (Lipinski definition) is 3. The van der Waals surface area contributed by atoms with Crippen LogP contribution in [-0.4, -0.2) is 10.9 Å². The third kappa shape index (κ3) is 4.48. The van der Waals surface area contributed by atoms with Crippen LogP contribution in [-0.2, 0) is 24.3 Å². The van der Waals surface area contributed by atoms with Crippen LogP contribution in [0.1, 0.15) is 23.2 Å². The molecule has 20 heavy (non-hydrogen) atoms. The van der Waals surface area contributed by atoms with Gasteiger partial charge in [0.1, 0.15) is 0 Å². The van der Waals surface area contributed by atoms with E-state index >= 15 is 0 Å². The quantitative estimate of drug-likeness (QED) is 0.840. The fourth-order valence-electron chi connectivity index (χ4n) is 1.87. The minimum absolute atomic E-state index is 0.0403. The average molecular weight is 269 g/mol. The molecule has 1 amide bonds. The Hall–Kier alpha value is -2.20. The molecular formula is C16H19N3O. The van der Waals surface area contributed by atoms with Crippen LogP contribution in [0.5, 0.6) is 0 Å². The molecule has 0 radical (unpaired) electrons. The predicted molar refractivity (Wildman–Crippen MR) is 78.7 cm³/mol. The van der Waals surface area contributed by atoms with Crippen molar-refractivity contribution in [2.75, 3.05) is 0 Å². The predicted octanol–water partition coefficient (Wildman–Crippen LogP) is 1.79. The molecule has 0 spiro atoms. The van der Waals surface area contributed by atoms with Crippen molar-refractivity contribution in [3.63, 3.8) is 0 Å². The zero-order valence-corrected chi connectivity index (χ0v) is 11.4. The Labute approximate surface area is 119 Å². The summed E-state index contributed by atoms with van der Waals surface area (Å²) in [7, 11) is 0. The number of nitrogens with zero attached hydrogens (tertiary/aromatic N) is 1. The van der Waals surface area contributed by atoms with Gasteiger partial charge in [0.05, 0.1) is 0 Å². The summed E-state index contributed by atoms with van der Waals surface area (Å²) in [6, 6.07) is 13.7. The Kier molecular flexibility index (Phi) is 5.26. The number of aryl methyl sites for hydroxylation is 1. The average Bonchev–Trinajstić information content (AvgIpc) is 2.52. The fourth-order valence-corrected chi connectivity index (χ4v) is 1.87. The number of hydrogen-bond donors (Lipinski definition) is 2. The summed E-state index contributed by atoms with van der Waals surface area (Å²) >= 11 is 0. The van der Waals surface area contributed by atoms with Gasteiger partial charge in [0, 0.05) is 31.4 Å². The number of carbonyl (C=O) groups is 1. The SMILES string of the molecule is NCc1ccc(CNC(=O)CCc2ccccn2)cc1. The number of nitrogens with one attached hydrogen (secondary N) is 1. The zero-order valence-electron chi connectivity index (χ0n) is 11.4. The molecule has 0 bridgehead atoms. The van der Waals surface area contributed by atoms with Gasteiger partial charge in [0.2, 0.25) is 5.91 Å². The van der Waals surface area contributed by atoms with Crippen LogP contribution in [0, 0.1) is 0 Å². The molecule has 0 saturated carbocycles. The van der Waals surface area contributed by atoms with E-state index in [4.69, 9.17) is 5.73 Å². The maximum absolute atomic E-state index is 11.8. The lowest BCUT2D eigenvalue weighted by Gasteiger charge is -2.06. The standard InChI is InChI=1S/C16H19N3O/c17-11-13-4-6-14(7-5-13)12-19-16(20)9-8-15-3-1-2-10-18-15/h1-7,10H,8-9,11-12,17H2,(H,19,20). The van der Waals surface area contributed by atoms with Crippen molar-refractivity contribution in [2.24, 2.45) is 5.73 Å². The van der Waals surface area contributed by atoms with E-state index < -0.39 is 0 Å². The van der Waals surface area contributed by atoms with Crippen molar-refractivity contribution >= 4 is 5.91 Å². The lowest BCUT2D eigenvalue weighted by Crippen LogP contribution is -2.23. The first kappa shape index (κ1) is 14.2. The number of rotatable bonds is 6. The van der Waals surface area contributed by atoms with E-state index in [-0.39, 0.29) is 5.91 Å². The van der Waals surface area contributed by atoms with Crippen molar-refractivity contribution in [3.05, 3.63) is 65.5 Å². The molecule has 1 heterocycles. The normalized spacial score (nSPS) is 10.2. The van der Waals surface area contributed by atoms with Crippen molar-refractivity contribution in [3.8, 4) is 0 Å². The van der Waals surface area contributed by atoms with Crippen molar-refractivity contribution in [1.82, 2.24) is 10.3 Å². The first-order chi connectivity index (χ1) is 9.78. The van der Waals surface area contributed by atoms with E-state index in [0.717, 1.165) is 16.8 Å². The van der Waals surface area contributed by atoms with Crippen LogP contribution >= 0.6 is 0 Å². The molecule has 0 saturated heterocycles. The highest BCUT2D eigenvalue weighted by molar-refractivity contribution is 5.76. The van der Waals surface area contributed by atoms with Gasteiger partial charge in [-0.05, 0) is 29.7 Å². The molecule has 1 aromatic heterocycles. The molecule has 0 aliphatic rings. The Morgan fingerprint density at radius 3 is 2.50 bits per heavy atom. The van der Waals surface area contributed by atoms with E-state index in [1.165, 1.54) is 0 Å². The van der Waals surface area contributed by atoms with Crippen LogP contribution < -0.4 is 11.1 Å². The van der Waals surface area contributed by atoms with E-state index in [1.54, 1.807) is 6.20 Å². The summed E-state index contributed by atoms with van der Waals surface area (Å²) in [5.41, 5.74) is 8.65. The number of benzene rings is 1. The van der Waals surface area contributed by atoms with Crippen LogP contribution in [0.15, 0.2) is 48.7 Å². The first-order valence-electron chi connectivity index (χ1n) is 6.72. The Morgan fingerprint density at radius 1 is 1.10 bits per heavy atom. The summed E-state index contributed by atoms with van der Waals surface area (Å²) in [6.45, 7) is 1.09. The molecule has 0 atom stereocenters. The summed E-state index contributed by atoms with van der Waals surface area (Å²) < 4.78 is 0. The summed E-state index contributed by atoms with van der Waals surface area (Å²) in [4.78, 5) is 16.0. The summed E-state index contributed by atoms with van der Waals surface area (Å²) in [5, 5.41) is 2.91. The van der Waals surface area contributed by atoms with Gasteiger partial charge in [-0.3, -0.25) is 9.78 Å². The molecule has 2 aromatic rings. The lowest BCUT2D eigenvalue weighted by atomic mass is 10.1. The summed E-state index contributed by atoms with van der Waals surface area (Å²) in [6.07, 6.45) is 2.86. The highest BCUT2D eigenvalue weighted by Gasteiger charge is 2.03. The molecule has 2 rings (SSSR count). The molecule has 0 aliphatic heterocycles.